The third-order valence-electron chi connectivity index (χ3n) is 5.96. The number of piperazine rings is 1. The number of benzene rings is 2. The Morgan fingerprint density at radius 3 is 2.42 bits per heavy atom. The summed E-state index contributed by atoms with van der Waals surface area (Å²) in [7, 11) is 2.04. The molecule has 1 aliphatic heterocycles. The minimum atomic E-state index is -0.593. The van der Waals surface area contributed by atoms with Gasteiger partial charge in [0.2, 0.25) is 5.91 Å². The molecule has 0 bridgehead atoms. The highest BCUT2D eigenvalue weighted by Gasteiger charge is 2.26. The second-order valence-electron chi connectivity index (χ2n) is 8.56. The zero-order valence-electron chi connectivity index (χ0n) is 19.8. The minimum Gasteiger partial charge on any atom is -0.338 e. The van der Waals surface area contributed by atoms with Crippen molar-refractivity contribution in [3.05, 3.63) is 48.0 Å². The average molecular weight is 471 g/mol. The Labute approximate surface area is 200 Å². The summed E-state index contributed by atoms with van der Waals surface area (Å²) in [5.74, 6) is 0.477. The molecule has 0 spiro atoms. The van der Waals surface area contributed by atoms with Gasteiger partial charge in [-0.2, -0.15) is 0 Å². The first-order chi connectivity index (χ1) is 15.8. The van der Waals surface area contributed by atoms with Crippen LogP contribution in [0, 0.1) is 0 Å². The largest absolute Gasteiger partial charge is 0.338 e. The number of nitrogens with zero attached hydrogens (tertiary/aromatic N) is 3. The fraction of sp³-hybridized carbons (Fsp3) is 0.480. The van der Waals surface area contributed by atoms with Crippen LogP contribution in [0.15, 0.2) is 42.5 Å². The molecule has 1 saturated heterocycles. The van der Waals surface area contributed by atoms with Crippen LogP contribution in [0.25, 0.3) is 10.8 Å². The van der Waals surface area contributed by atoms with Gasteiger partial charge in [0.25, 0.3) is 0 Å². The summed E-state index contributed by atoms with van der Waals surface area (Å²) in [5.41, 5.74) is 1.15. The molecule has 8 heteroatoms. The lowest BCUT2D eigenvalue weighted by Crippen LogP contribution is -2.55. The van der Waals surface area contributed by atoms with Crippen molar-refractivity contribution >= 4 is 39.6 Å². The molecule has 0 aromatic heterocycles. The van der Waals surface area contributed by atoms with E-state index in [2.05, 4.69) is 40.5 Å². The smallest absolute Gasteiger partial charge is 0.318 e. The van der Waals surface area contributed by atoms with Gasteiger partial charge in [0.1, 0.15) is 6.04 Å². The number of likely N-dealkylation sites (N-methyl/N-ethyl adjacent to an activating group) is 1. The molecule has 3 rings (SSSR count). The van der Waals surface area contributed by atoms with E-state index in [-0.39, 0.29) is 17.1 Å². The number of hydrogen-bond acceptors (Lipinski definition) is 5. The van der Waals surface area contributed by atoms with Crippen molar-refractivity contribution in [1.29, 1.82) is 0 Å². The first-order valence-electron chi connectivity index (χ1n) is 11.5. The van der Waals surface area contributed by atoms with E-state index in [0.717, 1.165) is 18.7 Å². The van der Waals surface area contributed by atoms with Crippen LogP contribution in [-0.2, 0) is 16.0 Å². The molecule has 0 unspecified atom stereocenters. The van der Waals surface area contributed by atoms with E-state index in [4.69, 9.17) is 0 Å². The van der Waals surface area contributed by atoms with Crippen LogP contribution >= 0.6 is 11.8 Å². The Morgan fingerprint density at radius 2 is 1.73 bits per heavy atom. The van der Waals surface area contributed by atoms with E-state index in [1.807, 2.05) is 24.1 Å². The van der Waals surface area contributed by atoms with Crippen molar-refractivity contribution < 1.29 is 14.4 Å². The van der Waals surface area contributed by atoms with Crippen molar-refractivity contribution in [3.8, 4) is 0 Å². The van der Waals surface area contributed by atoms with Crippen molar-refractivity contribution in [2.24, 2.45) is 0 Å². The number of carbonyl (C=O) groups is 3. The van der Waals surface area contributed by atoms with Crippen molar-refractivity contribution in [3.63, 3.8) is 0 Å². The number of nitrogens with one attached hydrogen (secondary N) is 1. The predicted molar refractivity (Wildman–Crippen MR) is 134 cm³/mol. The van der Waals surface area contributed by atoms with Crippen LogP contribution < -0.4 is 5.32 Å². The van der Waals surface area contributed by atoms with Gasteiger partial charge in [-0.3, -0.25) is 9.59 Å². The van der Waals surface area contributed by atoms with Crippen LogP contribution in [0.3, 0.4) is 0 Å². The molecule has 1 heterocycles. The van der Waals surface area contributed by atoms with Gasteiger partial charge in [-0.25, -0.2) is 4.79 Å². The number of amides is 3. The first kappa shape index (κ1) is 25.1. The third-order valence-corrected chi connectivity index (χ3v) is 6.76. The number of carbonyl (C=O) groups excluding carboxylic acids is 3. The average Bonchev–Trinajstić information content (AvgIpc) is 2.80. The van der Waals surface area contributed by atoms with Crippen LogP contribution in [0.1, 0.15) is 19.4 Å². The second kappa shape index (κ2) is 12.0. The van der Waals surface area contributed by atoms with Crippen molar-refractivity contribution in [2.75, 3.05) is 52.1 Å². The van der Waals surface area contributed by atoms with E-state index in [9.17, 15) is 14.4 Å². The first-order valence-corrected chi connectivity index (χ1v) is 12.5. The molecule has 1 N–H and O–H groups in total. The van der Waals surface area contributed by atoms with E-state index in [1.54, 1.807) is 11.8 Å². The number of urea groups is 1. The molecule has 33 heavy (non-hydrogen) atoms. The monoisotopic (exact) mass is 470 g/mol. The molecule has 3 amide bonds. The summed E-state index contributed by atoms with van der Waals surface area (Å²) in [5, 5.41) is 5.27. The molecule has 7 nitrogen and oxygen atoms in total. The number of hydrogen-bond donors (Lipinski definition) is 1. The summed E-state index contributed by atoms with van der Waals surface area (Å²) in [4.78, 5) is 42.9. The maximum atomic E-state index is 13.0. The summed E-state index contributed by atoms with van der Waals surface area (Å²) in [6, 6.07) is 13.7. The second-order valence-corrected chi connectivity index (χ2v) is 9.83. The molecule has 1 atom stereocenters. The Bertz CT molecular complexity index is 975. The van der Waals surface area contributed by atoms with E-state index >= 15 is 0 Å². The lowest BCUT2D eigenvalue weighted by atomic mass is 10.1. The fourth-order valence-corrected chi connectivity index (χ4v) is 4.51. The Balaban J connectivity index is 1.60. The highest BCUT2D eigenvalue weighted by atomic mass is 32.2. The summed E-state index contributed by atoms with van der Waals surface area (Å²) in [6.07, 6.45) is 0.698. The highest BCUT2D eigenvalue weighted by Crippen LogP contribution is 2.16. The predicted octanol–water partition coefficient (Wildman–Crippen LogP) is 2.84. The Hall–Kier alpha value is -2.58. The SMILES string of the molecule is CC(=O)SCCN(CCc1ccc2ccccc2c1)C(=O)N[C@@H](C)C(=O)N1CCN(C)CC1. The van der Waals surface area contributed by atoms with Gasteiger partial charge in [-0.15, -0.1) is 0 Å². The lowest BCUT2D eigenvalue weighted by molar-refractivity contribution is -0.134. The molecular formula is C25H34N4O3S. The van der Waals surface area contributed by atoms with Gasteiger partial charge < -0.3 is 20.0 Å². The molecule has 1 aliphatic rings. The molecule has 1 fully saturated rings. The zero-order valence-corrected chi connectivity index (χ0v) is 20.6. The van der Waals surface area contributed by atoms with Crippen molar-refractivity contribution in [2.45, 2.75) is 26.3 Å². The van der Waals surface area contributed by atoms with Gasteiger partial charge in [-0.1, -0.05) is 54.2 Å². The molecule has 0 saturated carbocycles. The number of rotatable bonds is 8. The Kier molecular flexibility index (Phi) is 9.14. The van der Waals surface area contributed by atoms with Crippen LogP contribution in [0.5, 0.6) is 0 Å². The number of fused-ring (bicyclic) bond motifs is 1. The van der Waals surface area contributed by atoms with Crippen LogP contribution in [-0.4, -0.2) is 89.9 Å². The standard InChI is InChI=1S/C25H34N4O3S/c1-19(24(31)28-14-12-27(3)13-15-28)26-25(32)29(16-17-33-20(2)30)11-10-21-8-9-22-6-4-5-7-23(22)18-21/h4-9,18-19H,10-17H2,1-3H3,(H,26,32)/t19-/m0/s1. The normalized spacial score (nSPS) is 15.3. The molecule has 2 aromatic rings. The van der Waals surface area contributed by atoms with Gasteiger partial charge in [0.05, 0.1) is 0 Å². The van der Waals surface area contributed by atoms with Gasteiger partial charge >= 0.3 is 6.03 Å². The maximum Gasteiger partial charge on any atom is 0.318 e. The van der Waals surface area contributed by atoms with Gasteiger partial charge in [0.15, 0.2) is 5.12 Å². The molecular weight excluding hydrogens is 436 g/mol. The van der Waals surface area contributed by atoms with Gasteiger partial charge in [0, 0.05) is 51.9 Å². The van der Waals surface area contributed by atoms with Gasteiger partial charge in [-0.05, 0) is 36.7 Å². The third kappa shape index (κ3) is 7.47. The summed E-state index contributed by atoms with van der Waals surface area (Å²) in [6.45, 7) is 7.26. The Morgan fingerprint density at radius 1 is 1.03 bits per heavy atom. The highest BCUT2D eigenvalue weighted by molar-refractivity contribution is 8.13. The summed E-state index contributed by atoms with van der Waals surface area (Å²) < 4.78 is 0. The topological polar surface area (TPSA) is 73.0 Å². The molecule has 0 radical (unpaired) electrons. The van der Waals surface area contributed by atoms with Crippen LogP contribution in [0.2, 0.25) is 0 Å². The fourth-order valence-electron chi connectivity index (χ4n) is 3.91. The minimum absolute atomic E-state index is 0.0310. The van der Waals surface area contributed by atoms with E-state index < -0.39 is 6.04 Å². The maximum absolute atomic E-state index is 13.0. The van der Waals surface area contributed by atoms with Crippen molar-refractivity contribution in [1.82, 2.24) is 20.0 Å². The number of thioether (sulfide) groups is 1. The molecule has 2 aromatic carbocycles. The van der Waals surface area contributed by atoms with Crippen LogP contribution in [0.4, 0.5) is 4.79 Å². The lowest BCUT2D eigenvalue weighted by Gasteiger charge is -2.34. The van der Waals surface area contributed by atoms with E-state index in [1.165, 1.54) is 29.5 Å². The molecule has 0 aliphatic carbocycles. The van der Waals surface area contributed by atoms with E-state index in [0.29, 0.717) is 38.4 Å². The molecule has 178 valence electrons. The zero-order chi connectivity index (χ0) is 23.8. The quantitative estimate of drug-likeness (QED) is 0.642. The summed E-state index contributed by atoms with van der Waals surface area (Å²) >= 11 is 1.21.